The summed E-state index contributed by atoms with van der Waals surface area (Å²) in [4.78, 5) is 0. The largest absolute Gasteiger partial charge is 0.388 e. The van der Waals surface area contributed by atoms with Gasteiger partial charge in [0.25, 0.3) is 0 Å². The molecule has 0 spiro atoms. The summed E-state index contributed by atoms with van der Waals surface area (Å²) in [6.45, 7) is 1.75. The Morgan fingerprint density at radius 1 is 1.29 bits per heavy atom. The Morgan fingerprint density at radius 3 is 2.82 bits per heavy atom. The van der Waals surface area contributed by atoms with Gasteiger partial charge in [-0.05, 0) is 51.6 Å². The second kappa shape index (κ2) is 3.94. The highest BCUT2D eigenvalue weighted by Crippen LogP contribution is 2.55. The van der Waals surface area contributed by atoms with Crippen LogP contribution < -0.4 is 5.32 Å². The third-order valence-electron chi connectivity index (χ3n) is 4.90. The van der Waals surface area contributed by atoms with Gasteiger partial charge in [0.15, 0.2) is 0 Å². The predicted octanol–water partition coefficient (Wildman–Crippen LogP) is 0.952. The topological polar surface area (TPSA) is 65.3 Å². The van der Waals surface area contributed by atoms with Crippen LogP contribution in [0.2, 0.25) is 0 Å². The van der Waals surface area contributed by atoms with E-state index in [1.54, 1.807) is 0 Å². The van der Waals surface area contributed by atoms with E-state index < -0.39 is 11.0 Å². The SMILES string of the molecule is N#CC1(C2(O)CCCNCC2)CC2CCC1O2. The van der Waals surface area contributed by atoms with Crippen LogP contribution in [-0.2, 0) is 4.74 Å². The summed E-state index contributed by atoms with van der Waals surface area (Å²) in [6.07, 6.45) is 5.23. The lowest BCUT2D eigenvalue weighted by atomic mass is 9.61. The molecular formula is C13H20N2O2. The van der Waals surface area contributed by atoms with Gasteiger partial charge in [-0.3, -0.25) is 0 Å². The molecule has 2 N–H and O–H groups in total. The molecule has 2 bridgehead atoms. The van der Waals surface area contributed by atoms with E-state index in [0.717, 1.165) is 45.2 Å². The smallest absolute Gasteiger partial charge is 0.114 e. The van der Waals surface area contributed by atoms with Crippen molar-refractivity contribution in [1.29, 1.82) is 5.26 Å². The van der Waals surface area contributed by atoms with Crippen molar-refractivity contribution in [1.82, 2.24) is 5.32 Å². The summed E-state index contributed by atoms with van der Waals surface area (Å²) < 4.78 is 5.84. The van der Waals surface area contributed by atoms with Crippen molar-refractivity contribution >= 4 is 0 Å². The third-order valence-corrected chi connectivity index (χ3v) is 4.90. The average molecular weight is 236 g/mol. The van der Waals surface area contributed by atoms with Crippen LogP contribution >= 0.6 is 0 Å². The first-order valence-electron chi connectivity index (χ1n) is 6.70. The molecule has 0 aliphatic carbocycles. The first kappa shape index (κ1) is 11.5. The van der Waals surface area contributed by atoms with Gasteiger partial charge in [-0.2, -0.15) is 5.26 Å². The van der Waals surface area contributed by atoms with Gasteiger partial charge >= 0.3 is 0 Å². The van der Waals surface area contributed by atoms with E-state index in [-0.39, 0.29) is 12.2 Å². The fourth-order valence-corrected chi connectivity index (χ4v) is 3.92. The minimum atomic E-state index is -0.856. The fourth-order valence-electron chi connectivity index (χ4n) is 3.92. The molecule has 4 unspecified atom stereocenters. The maximum Gasteiger partial charge on any atom is 0.114 e. The van der Waals surface area contributed by atoms with Crippen LogP contribution in [0.5, 0.6) is 0 Å². The van der Waals surface area contributed by atoms with Crippen LogP contribution in [0, 0.1) is 16.7 Å². The molecule has 0 saturated carbocycles. The monoisotopic (exact) mass is 236 g/mol. The summed E-state index contributed by atoms with van der Waals surface area (Å²) >= 11 is 0. The fraction of sp³-hybridized carbons (Fsp3) is 0.923. The predicted molar refractivity (Wildman–Crippen MR) is 62.2 cm³/mol. The number of rotatable bonds is 1. The lowest BCUT2D eigenvalue weighted by molar-refractivity contribution is -0.0925. The maximum atomic E-state index is 11.0. The van der Waals surface area contributed by atoms with Crippen molar-refractivity contribution in [3.63, 3.8) is 0 Å². The van der Waals surface area contributed by atoms with Gasteiger partial charge in [0.2, 0.25) is 0 Å². The third kappa shape index (κ3) is 1.53. The van der Waals surface area contributed by atoms with Crippen LogP contribution in [0.3, 0.4) is 0 Å². The van der Waals surface area contributed by atoms with E-state index >= 15 is 0 Å². The molecule has 0 aromatic heterocycles. The number of nitrogens with zero attached hydrogens (tertiary/aromatic N) is 1. The molecular weight excluding hydrogens is 216 g/mol. The molecule has 4 nitrogen and oxygen atoms in total. The van der Waals surface area contributed by atoms with E-state index in [1.807, 2.05) is 0 Å². The lowest BCUT2D eigenvalue weighted by Crippen LogP contribution is -2.53. The van der Waals surface area contributed by atoms with Crippen LogP contribution in [-0.4, -0.2) is 36.0 Å². The molecule has 17 heavy (non-hydrogen) atoms. The Morgan fingerprint density at radius 2 is 2.18 bits per heavy atom. The highest BCUT2D eigenvalue weighted by atomic mass is 16.5. The Balaban J connectivity index is 1.92. The second-order valence-electron chi connectivity index (χ2n) is 5.75. The number of ether oxygens (including phenoxy) is 1. The summed E-state index contributed by atoms with van der Waals surface area (Å²) in [5, 5.41) is 23.9. The van der Waals surface area contributed by atoms with Crippen LogP contribution in [0.25, 0.3) is 0 Å². The average Bonchev–Trinajstić information content (AvgIpc) is 2.87. The van der Waals surface area contributed by atoms with Crippen LogP contribution in [0.4, 0.5) is 0 Å². The molecule has 4 atom stereocenters. The molecule has 3 saturated heterocycles. The van der Waals surface area contributed by atoms with E-state index in [4.69, 9.17) is 4.74 Å². The molecule has 0 radical (unpaired) electrons. The standard InChI is InChI=1S/C13H20N2O2/c14-9-12(8-10-2-3-11(12)17-10)13(16)4-1-6-15-7-5-13/h10-11,15-16H,1-8H2. The number of aliphatic hydroxyl groups is 1. The van der Waals surface area contributed by atoms with Gasteiger partial charge in [0, 0.05) is 0 Å². The molecule has 0 amide bonds. The van der Waals surface area contributed by atoms with Gasteiger partial charge in [0.1, 0.15) is 5.41 Å². The van der Waals surface area contributed by atoms with Gasteiger partial charge in [-0.1, -0.05) is 0 Å². The first-order chi connectivity index (χ1) is 8.20. The highest BCUT2D eigenvalue weighted by Gasteiger charge is 2.63. The molecule has 3 rings (SSSR count). The second-order valence-corrected chi connectivity index (χ2v) is 5.75. The molecule has 3 aliphatic rings. The van der Waals surface area contributed by atoms with Gasteiger partial charge < -0.3 is 15.2 Å². The van der Waals surface area contributed by atoms with Gasteiger partial charge in [0.05, 0.1) is 23.9 Å². The van der Waals surface area contributed by atoms with Crippen molar-refractivity contribution in [3.8, 4) is 6.07 Å². The van der Waals surface area contributed by atoms with E-state index in [0.29, 0.717) is 6.42 Å². The first-order valence-corrected chi connectivity index (χ1v) is 6.70. The highest BCUT2D eigenvalue weighted by molar-refractivity contribution is 5.21. The summed E-state index contributed by atoms with van der Waals surface area (Å²) in [5.41, 5.74) is -1.51. The van der Waals surface area contributed by atoms with E-state index in [9.17, 15) is 10.4 Å². The van der Waals surface area contributed by atoms with Crippen molar-refractivity contribution in [2.45, 2.75) is 56.3 Å². The van der Waals surface area contributed by atoms with Crippen molar-refractivity contribution in [2.24, 2.45) is 5.41 Å². The van der Waals surface area contributed by atoms with E-state index in [1.165, 1.54) is 0 Å². The maximum absolute atomic E-state index is 11.0. The summed E-state index contributed by atoms with van der Waals surface area (Å²) in [5.74, 6) is 0. The normalized spacial score (nSPS) is 49.9. The number of nitriles is 1. The minimum Gasteiger partial charge on any atom is -0.388 e. The molecule has 4 heteroatoms. The molecule has 0 aromatic carbocycles. The van der Waals surface area contributed by atoms with Crippen molar-refractivity contribution in [3.05, 3.63) is 0 Å². The molecule has 94 valence electrons. The quantitative estimate of drug-likeness (QED) is 0.711. The minimum absolute atomic E-state index is 0.0411. The number of hydrogen-bond acceptors (Lipinski definition) is 4. The Kier molecular flexibility index (Phi) is 2.66. The van der Waals surface area contributed by atoms with Crippen molar-refractivity contribution < 1.29 is 9.84 Å². The zero-order chi connectivity index (χ0) is 11.9. The Bertz CT molecular complexity index is 344. The number of hydrogen-bond donors (Lipinski definition) is 2. The summed E-state index contributed by atoms with van der Waals surface area (Å²) in [7, 11) is 0. The lowest BCUT2D eigenvalue weighted by Gasteiger charge is -2.43. The Labute approximate surface area is 102 Å². The number of nitrogens with one attached hydrogen (secondary N) is 1. The molecule has 3 fully saturated rings. The number of fused-ring (bicyclic) bond motifs is 2. The van der Waals surface area contributed by atoms with Crippen LogP contribution in [0.1, 0.15) is 38.5 Å². The van der Waals surface area contributed by atoms with Gasteiger partial charge in [-0.15, -0.1) is 0 Å². The van der Waals surface area contributed by atoms with Crippen molar-refractivity contribution in [2.75, 3.05) is 13.1 Å². The molecule has 3 heterocycles. The zero-order valence-corrected chi connectivity index (χ0v) is 10.1. The zero-order valence-electron chi connectivity index (χ0n) is 10.1. The van der Waals surface area contributed by atoms with Gasteiger partial charge in [-0.25, -0.2) is 0 Å². The summed E-state index contributed by atoms with van der Waals surface area (Å²) in [6, 6.07) is 2.44. The van der Waals surface area contributed by atoms with E-state index in [2.05, 4.69) is 11.4 Å². The van der Waals surface area contributed by atoms with Crippen LogP contribution in [0.15, 0.2) is 0 Å². The molecule has 0 aromatic rings. The Hall–Kier alpha value is -0.630. The molecule has 3 aliphatic heterocycles.